The van der Waals surface area contributed by atoms with Crippen LogP contribution in [0.3, 0.4) is 0 Å². The fourth-order valence-electron chi connectivity index (χ4n) is 1.25. The van der Waals surface area contributed by atoms with E-state index >= 15 is 0 Å². The average molecular weight is 241 g/mol. The summed E-state index contributed by atoms with van der Waals surface area (Å²) in [6, 6.07) is 1.22. The zero-order valence-corrected chi connectivity index (χ0v) is 9.55. The number of aliphatic hydroxyl groups excluding tert-OH is 1. The molecule has 0 bridgehead atoms. The summed E-state index contributed by atoms with van der Waals surface area (Å²) in [5.74, 6) is -0.334. The van der Waals surface area contributed by atoms with Gasteiger partial charge in [0.25, 0.3) is 5.56 Å². The molecule has 0 saturated heterocycles. The van der Waals surface area contributed by atoms with Crippen molar-refractivity contribution in [2.24, 2.45) is 7.05 Å². The Morgan fingerprint density at radius 3 is 2.82 bits per heavy atom. The molecule has 7 nitrogen and oxygen atoms in total. The van der Waals surface area contributed by atoms with Gasteiger partial charge in [-0.25, -0.2) is 4.79 Å². The molecule has 0 aliphatic carbocycles. The monoisotopic (exact) mass is 241 g/mol. The van der Waals surface area contributed by atoms with Crippen molar-refractivity contribution in [3.8, 4) is 0 Å². The van der Waals surface area contributed by atoms with Gasteiger partial charge in [0.15, 0.2) is 0 Å². The van der Waals surface area contributed by atoms with Crippen molar-refractivity contribution in [3.63, 3.8) is 0 Å². The number of hydrogen-bond acceptors (Lipinski definition) is 4. The molecule has 1 rings (SSSR count). The lowest BCUT2D eigenvalue weighted by atomic mass is 10.4. The van der Waals surface area contributed by atoms with Crippen molar-refractivity contribution in [2.75, 3.05) is 13.2 Å². The smallest absolute Gasteiger partial charge is 0.331 e. The van der Waals surface area contributed by atoms with Crippen LogP contribution < -0.4 is 16.6 Å². The Kier molecular flexibility index (Phi) is 4.65. The Hall–Kier alpha value is -1.89. The molecule has 0 aliphatic heterocycles. The Balaban J connectivity index is 2.70. The van der Waals surface area contributed by atoms with Gasteiger partial charge in [0, 0.05) is 32.5 Å². The van der Waals surface area contributed by atoms with Gasteiger partial charge in [0.1, 0.15) is 6.54 Å². The van der Waals surface area contributed by atoms with E-state index in [-0.39, 0.29) is 19.1 Å². The summed E-state index contributed by atoms with van der Waals surface area (Å²) in [5.41, 5.74) is -0.943. The molecular formula is C10H15N3O4. The first-order valence-corrected chi connectivity index (χ1v) is 5.20. The third-order valence-corrected chi connectivity index (χ3v) is 2.23. The number of rotatable bonds is 5. The fraction of sp³-hybridized carbons (Fsp3) is 0.500. The molecule has 17 heavy (non-hydrogen) atoms. The van der Waals surface area contributed by atoms with Crippen molar-refractivity contribution in [1.29, 1.82) is 0 Å². The normalized spacial score (nSPS) is 10.2. The quantitative estimate of drug-likeness (QED) is 0.586. The SMILES string of the molecule is Cn1c(=O)ccn(CC(=O)NCCCO)c1=O. The highest BCUT2D eigenvalue weighted by Gasteiger charge is 2.05. The van der Waals surface area contributed by atoms with E-state index in [4.69, 9.17) is 5.11 Å². The summed E-state index contributed by atoms with van der Waals surface area (Å²) in [6.45, 7) is 0.217. The molecule has 0 unspecified atom stereocenters. The predicted molar refractivity (Wildman–Crippen MR) is 60.7 cm³/mol. The van der Waals surface area contributed by atoms with E-state index in [9.17, 15) is 14.4 Å². The molecule has 7 heteroatoms. The first kappa shape index (κ1) is 13.2. The van der Waals surface area contributed by atoms with Crippen molar-refractivity contribution in [3.05, 3.63) is 33.1 Å². The summed E-state index contributed by atoms with van der Waals surface area (Å²) in [7, 11) is 1.35. The van der Waals surface area contributed by atoms with Gasteiger partial charge >= 0.3 is 5.69 Å². The van der Waals surface area contributed by atoms with Gasteiger partial charge in [-0.2, -0.15) is 0 Å². The Labute approximate surface area is 97.3 Å². The zero-order valence-electron chi connectivity index (χ0n) is 9.55. The standard InChI is InChI=1S/C10H15N3O4/c1-12-9(16)3-5-13(10(12)17)7-8(15)11-4-2-6-14/h3,5,14H,2,4,6-7H2,1H3,(H,11,15). The van der Waals surface area contributed by atoms with Gasteiger partial charge in [-0.05, 0) is 6.42 Å². The lowest BCUT2D eigenvalue weighted by molar-refractivity contribution is -0.121. The molecular weight excluding hydrogens is 226 g/mol. The Bertz CT molecular complexity index is 503. The molecule has 0 saturated carbocycles. The maximum atomic E-state index is 11.6. The van der Waals surface area contributed by atoms with E-state index in [0.717, 1.165) is 9.13 Å². The molecule has 0 spiro atoms. The topological polar surface area (TPSA) is 93.3 Å². The second-order valence-corrected chi connectivity index (χ2v) is 3.55. The predicted octanol–water partition coefficient (Wildman–Crippen LogP) is -1.95. The van der Waals surface area contributed by atoms with E-state index in [1.807, 2.05) is 0 Å². The number of hydrogen-bond donors (Lipinski definition) is 2. The first-order valence-electron chi connectivity index (χ1n) is 5.20. The number of aromatic nitrogens is 2. The van der Waals surface area contributed by atoms with Gasteiger partial charge in [0.2, 0.25) is 5.91 Å². The van der Waals surface area contributed by atoms with Crippen molar-refractivity contribution >= 4 is 5.91 Å². The highest BCUT2D eigenvalue weighted by atomic mass is 16.3. The van der Waals surface area contributed by atoms with Crippen LogP contribution in [0.4, 0.5) is 0 Å². The lowest BCUT2D eigenvalue weighted by Gasteiger charge is -2.07. The molecule has 94 valence electrons. The van der Waals surface area contributed by atoms with Gasteiger partial charge in [-0.3, -0.25) is 18.7 Å². The van der Waals surface area contributed by atoms with Gasteiger partial charge in [0.05, 0.1) is 0 Å². The summed E-state index contributed by atoms with van der Waals surface area (Å²) in [4.78, 5) is 34.1. The third kappa shape index (κ3) is 3.56. The van der Waals surface area contributed by atoms with Crippen LogP contribution in [-0.4, -0.2) is 33.3 Å². The maximum Gasteiger partial charge on any atom is 0.331 e. The molecule has 2 N–H and O–H groups in total. The van der Waals surface area contributed by atoms with E-state index < -0.39 is 11.2 Å². The van der Waals surface area contributed by atoms with Crippen LogP contribution in [-0.2, 0) is 18.4 Å². The minimum atomic E-state index is -0.533. The number of nitrogens with one attached hydrogen (secondary N) is 1. The van der Waals surface area contributed by atoms with Gasteiger partial charge in [-0.1, -0.05) is 0 Å². The Morgan fingerprint density at radius 1 is 1.47 bits per heavy atom. The van der Waals surface area contributed by atoms with Gasteiger partial charge in [-0.15, -0.1) is 0 Å². The largest absolute Gasteiger partial charge is 0.396 e. The van der Waals surface area contributed by atoms with Crippen LogP contribution in [0.25, 0.3) is 0 Å². The van der Waals surface area contributed by atoms with Crippen molar-refractivity contribution in [1.82, 2.24) is 14.5 Å². The second kappa shape index (κ2) is 6.00. The number of carbonyl (C=O) groups excluding carboxylic acids is 1. The van der Waals surface area contributed by atoms with Crippen LogP contribution >= 0.6 is 0 Å². The third-order valence-electron chi connectivity index (χ3n) is 2.23. The highest BCUT2D eigenvalue weighted by Crippen LogP contribution is 1.80. The number of carbonyl (C=O) groups is 1. The van der Waals surface area contributed by atoms with Crippen LogP contribution in [0, 0.1) is 0 Å². The number of amides is 1. The highest BCUT2D eigenvalue weighted by molar-refractivity contribution is 5.75. The molecule has 0 aromatic carbocycles. The zero-order chi connectivity index (χ0) is 12.8. The van der Waals surface area contributed by atoms with E-state index in [0.29, 0.717) is 13.0 Å². The van der Waals surface area contributed by atoms with Crippen LogP contribution in [0.5, 0.6) is 0 Å². The van der Waals surface area contributed by atoms with Crippen LogP contribution in [0.1, 0.15) is 6.42 Å². The first-order chi connectivity index (χ1) is 8.06. The Morgan fingerprint density at radius 2 is 2.18 bits per heavy atom. The van der Waals surface area contributed by atoms with Crippen LogP contribution in [0.15, 0.2) is 21.9 Å². The summed E-state index contributed by atoms with van der Waals surface area (Å²) in [6.07, 6.45) is 1.75. The molecule has 0 atom stereocenters. The van der Waals surface area contributed by atoms with E-state index in [1.54, 1.807) is 0 Å². The van der Waals surface area contributed by atoms with E-state index in [1.165, 1.54) is 19.3 Å². The molecule has 1 aromatic rings. The molecule has 1 heterocycles. The number of aliphatic hydroxyl groups is 1. The minimum absolute atomic E-state index is 0.0000667. The molecule has 1 amide bonds. The van der Waals surface area contributed by atoms with Crippen molar-refractivity contribution in [2.45, 2.75) is 13.0 Å². The summed E-state index contributed by atoms with van der Waals surface area (Å²) >= 11 is 0. The maximum absolute atomic E-state index is 11.6. The number of nitrogens with zero attached hydrogens (tertiary/aromatic N) is 2. The fourth-order valence-corrected chi connectivity index (χ4v) is 1.25. The average Bonchev–Trinajstić information content (AvgIpc) is 2.30. The van der Waals surface area contributed by atoms with Gasteiger partial charge < -0.3 is 10.4 Å². The molecule has 1 aromatic heterocycles. The molecule has 0 radical (unpaired) electrons. The van der Waals surface area contributed by atoms with E-state index in [2.05, 4.69) is 5.32 Å². The van der Waals surface area contributed by atoms with Crippen LogP contribution in [0.2, 0.25) is 0 Å². The van der Waals surface area contributed by atoms with Crippen molar-refractivity contribution < 1.29 is 9.90 Å². The minimum Gasteiger partial charge on any atom is -0.396 e. The summed E-state index contributed by atoms with van der Waals surface area (Å²) < 4.78 is 2.08. The lowest BCUT2D eigenvalue weighted by Crippen LogP contribution is -2.40. The molecule has 0 fully saturated rings. The second-order valence-electron chi connectivity index (χ2n) is 3.55. The molecule has 0 aliphatic rings. The summed E-state index contributed by atoms with van der Waals surface area (Å²) in [5, 5.41) is 11.1.